The summed E-state index contributed by atoms with van der Waals surface area (Å²) in [7, 11) is -0.635. The summed E-state index contributed by atoms with van der Waals surface area (Å²) in [5, 5.41) is 0.715. The van der Waals surface area contributed by atoms with Gasteiger partial charge in [-0.1, -0.05) is 17.7 Å². The molecular weight excluding hydrogens is 244 g/mol. The molecule has 5 heteroatoms. The number of hydrogen-bond donors (Lipinski definition) is 1. The molecule has 0 spiro atoms. The van der Waals surface area contributed by atoms with Crippen LogP contribution in [0.15, 0.2) is 18.2 Å². The molecular formula is C11H15ClN2OS. The normalized spacial score (nSPS) is 18.8. The Labute approximate surface area is 103 Å². The van der Waals surface area contributed by atoms with E-state index in [0.717, 1.165) is 42.4 Å². The van der Waals surface area contributed by atoms with Crippen LogP contribution in [0, 0.1) is 0 Å². The van der Waals surface area contributed by atoms with E-state index in [1.165, 1.54) is 0 Å². The highest BCUT2D eigenvalue weighted by Gasteiger charge is 2.17. The van der Waals surface area contributed by atoms with E-state index in [-0.39, 0.29) is 0 Å². The van der Waals surface area contributed by atoms with Crippen LogP contribution in [-0.4, -0.2) is 33.7 Å². The van der Waals surface area contributed by atoms with Gasteiger partial charge in [-0.05, 0) is 12.1 Å². The molecule has 88 valence electrons. The molecule has 0 saturated carbocycles. The Kier molecular flexibility index (Phi) is 3.84. The monoisotopic (exact) mass is 258 g/mol. The molecule has 0 unspecified atom stereocenters. The minimum absolute atomic E-state index is 0.635. The average Bonchev–Trinajstić information content (AvgIpc) is 2.26. The third-order valence-corrected chi connectivity index (χ3v) is 4.44. The van der Waals surface area contributed by atoms with Gasteiger partial charge < -0.3 is 5.73 Å². The minimum atomic E-state index is -0.635. The van der Waals surface area contributed by atoms with Crippen LogP contribution in [0.4, 0.5) is 5.69 Å². The zero-order valence-electron chi connectivity index (χ0n) is 8.99. The number of benzene rings is 1. The Bertz CT molecular complexity index is 381. The molecule has 0 bridgehead atoms. The second kappa shape index (κ2) is 5.17. The van der Waals surface area contributed by atoms with Crippen LogP contribution in [0.3, 0.4) is 0 Å². The first-order chi connectivity index (χ1) is 7.66. The van der Waals surface area contributed by atoms with Gasteiger partial charge in [0.25, 0.3) is 0 Å². The van der Waals surface area contributed by atoms with Gasteiger partial charge in [-0.15, -0.1) is 0 Å². The summed E-state index contributed by atoms with van der Waals surface area (Å²) in [5.41, 5.74) is 7.61. The first kappa shape index (κ1) is 11.9. The van der Waals surface area contributed by atoms with Crippen molar-refractivity contribution in [2.75, 3.05) is 30.3 Å². The standard InChI is InChI=1S/C11H15ClN2OS/c12-10-2-1-3-11(13)9(10)8-14-4-6-16(15)7-5-14/h1-3H,4-8,13H2. The molecule has 0 amide bonds. The first-order valence-corrected chi connectivity index (χ1v) is 7.13. The highest BCUT2D eigenvalue weighted by atomic mass is 35.5. The summed E-state index contributed by atoms with van der Waals surface area (Å²) in [4.78, 5) is 2.25. The molecule has 1 aliphatic rings. The van der Waals surface area contributed by atoms with Crippen molar-refractivity contribution in [2.45, 2.75) is 6.54 Å². The highest BCUT2D eigenvalue weighted by molar-refractivity contribution is 7.85. The number of nitrogens with zero attached hydrogens (tertiary/aromatic N) is 1. The SMILES string of the molecule is Nc1cccc(Cl)c1CN1CCS(=O)CC1. The molecule has 0 atom stereocenters. The lowest BCUT2D eigenvalue weighted by atomic mass is 10.1. The molecule has 1 aliphatic heterocycles. The van der Waals surface area contributed by atoms with Crippen molar-refractivity contribution in [1.29, 1.82) is 0 Å². The molecule has 0 radical (unpaired) electrons. The van der Waals surface area contributed by atoms with E-state index in [9.17, 15) is 4.21 Å². The number of rotatable bonds is 2. The van der Waals surface area contributed by atoms with Crippen molar-refractivity contribution >= 4 is 28.1 Å². The predicted molar refractivity (Wildman–Crippen MR) is 69.0 cm³/mol. The Hall–Kier alpha value is -0.580. The molecule has 1 heterocycles. The summed E-state index contributed by atoms with van der Waals surface area (Å²) in [5.74, 6) is 1.51. The summed E-state index contributed by atoms with van der Waals surface area (Å²) in [6, 6.07) is 5.57. The summed E-state index contributed by atoms with van der Waals surface area (Å²) in [6.45, 7) is 2.47. The lowest BCUT2D eigenvalue weighted by molar-refractivity contribution is 0.292. The minimum Gasteiger partial charge on any atom is -0.398 e. The maximum atomic E-state index is 11.2. The maximum absolute atomic E-state index is 11.2. The lowest BCUT2D eigenvalue weighted by Crippen LogP contribution is -2.37. The van der Waals surface area contributed by atoms with Gasteiger partial charge in [-0.25, -0.2) is 0 Å². The van der Waals surface area contributed by atoms with E-state index in [2.05, 4.69) is 4.90 Å². The fourth-order valence-corrected chi connectivity index (χ4v) is 3.17. The van der Waals surface area contributed by atoms with Crippen molar-refractivity contribution in [3.8, 4) is 0 Å². The quantitative estimate of drug-likeness (QED) is 0.818. The second-order valence-corrected chi connectivity index (χ2v) is 6.04. The fraction of sp³-hybridized carbons (Fsp3) is 0.455. The van der Waals surface area contributed by atoms with Gasteiger partial charge in [-0.3, -0.25) is 9.11 Å². The Morgan fingerprint density at radius 2 is 2.06 bits per heavy atom. The van der Waals surface area contributed by atoms with Gasteiger partial charge >= 0.3 is 0 Å². The molecule has 1 aromatic rings. The molecule has 1 fully saturated rings. The topological polar surface area (TPSA) is 46.3 Å². The van der Waals surface area contributed by atoms with E-state index in [1.807, 2.05) is 18.2 Å². The second-order valence-electron chi connectivity index (χ2n) is 3.93. The number of hydrogen-bond acceptors (Lipinski definition) is 3. The van der Waals surface area contributed by atoms with Gasteiger partial charge in [0.15, 0.2) is 0 Å². The predicted octanol–water partition coefficient (Wildman–Crippen LogP) is 1.49. The summed E-state index contributed by atoms with van der Waals surface area (Å²) < 4.78 is 11.2. The fourth-order valence-electron chi connectivity index (χ4n) is 1.80. The van der Waals surface area contributed by atoms with Gasteiger partial charge in [0.05, 0.1) is 0 Å². The zero-order chi connectivity index (χ0) is 11.5. The smallest absolute Gasteiger partial charge is 0.0471 e. The summed E-state index contributed by atoms with van der Waals surface area (Å²) in [6.07, 6.45) is 0. The molecule has 0 aromatic heterocycles. The van der Waals surface area contributed by atoms with Crippen LogP contribution in [-0.2, 0) is 17.3 Å². The third-order valence-electron chi connectivity index (χ3n) is 2.81. The van der Waals surface area contributed by atoms with Gasteiger partial charge in [0.1, 0.15) is 0 Å². The van der Waals surface area contributed by atoms with Crippen molar-refractivity contribution in [1.82, 2.24) is 4.90 Å². The molecule has 0 aliphatic carbocycles. The van der Waals surface area contributed by atoms with Crippen molar-refractivity contribution in [3.05, 3.63) is 28.8 Å². The Balaban J connectivity index is 2.06. The molecule has 2 rings (SSSR count). The van der Waals surface area contributed by atoms with Crippen LogP contribution < -0.4 is 5.73 Å². The van der Waals surface area contributed by atoms with E-state index in [0.29, 0.717) is 5.02 Å². The molecule has 1 aromatic carbocycles. The van der Waals surface area contributed by atoms with Crippen LogP contribution in [0.25, 0.3) is 0 Å². The number of anilines is 1. The van der Waals surface area contributed by atoms with E-state index >= 15 is 0 Å². The number of halogens is 1. The van der Waals surface area contributed by atoms with Crippen LogP contribution in [0.1, 0.15) is 5.56 Å². The van der Waals surface area contributed by atoms with Gasteiger partial charge in [0, 0.05) is 58.2 Å². The first-order valence-electron chi connectivity index (χ1n) is 5.27. The largest absolute Gasteiger partial charge is 0.398 e. The van der Waals surface area contributed by atoms with Crippen LogP contribution >= 0.6 is 11.6 Å². The Morgan fingerprint density at radius 1 is 1.38 bits per heavy atom. The average molecular weight is 259 g/mol. The molecule has 2 N–H and O–H groups in total. The summed E-state index contributed by atoms with van der Waals surface area (Å²) >= 11 is 6.11. The number of nitrogens with two attached hydrogens (primary N) is 1. The van der Waals surface area contributed by atoms with Gasteiger partial charge in [0.2, 0.25) is 0 Å². The molecule has 16 heavy (non-hydrogen) atoms. The zero-order valence-corrected chi connectivity index (χ0v) is 10.6. The van der Waals surface area contributed by atoms with Crippen molar-refractivity contribution in [3.63, 3.8) is 0 Å². The Morgan fingerprint density at radius 3 is 2.69 bits per heavy atom. The molecule has 3 nitrogen and oxygen atoms in total. The maximum Gasteiger partial charge on any atom is 0.0471 e. The van der Waals surface area contributed by atoms with Gasteiger partial charge in [-0.2, -0.15) is 0 Å². The van der Waals surface area contributed by atoms with Crippen molar-refractivity contribution in [2.24, 2.45) is 0 Å². The van der Waals surface area contributed by atoms with E-state index in [4.69, 9.17) is 17.3 Å². The number of nitrogen functional groups attached to an aromatic ring is 1. The lowest BCUT2D eigenvalue weighted by Gasteiger charge is -2.26. The van der Waals surface area contributed by atoms with E-state index in [1.54, 1.807) is 0 Å². The van der Waals surface area contributed by atoms with Crippen LogP contribution in [0.5, 0.6) is 0 Å². The van der Waals surface area contributed by atoms with Crippen molar-refractivity contribution < 1.29 is 4.21 Å². The third kappa shape index (κ3) is 2.75. The van der Waals surface area contributed by atoms with E-state index < -0.39 is 10.8 Å². The van der Waals surface area contributed by atoms with Crippen LogP contribution in [0.2, 0.25) is 5.02 Å². The molecule has 1 saturated heterocycles. The highest BCUT2D eigenvalue weighted by Crippen LogP contribution is 2.23.